The van der Waals surface area contributed by atoms with Crippen molar-refractivity contribution >= 4 is 5.95 Å². The van der Waals surface area contributed by atoms with Crippen LogP contribution < -0.4 is 4.90 Å². The summed E-state index contributed by atoms with van der Waals surface area (Å²) < 4.78 is 10.5. The third kappa shape index (κ3) is 3.73. The number of nitrogens with zero attached hydrogens (tertiary/aromatic N) is 7. The van der Waals surface area contributed by atoms with Gasteiger partial charge < -0.3 is 9.64 Å². The summed E-state index contributed by atoms with van der Waals surface area (Å²) in [7, 11) is 1.97. The third-order valence-corrected chi connectivity index (χ3v) is 7.22. The Bertz CT molecular complexity index is 1030. The standard InChI is InChI=1S/C23H29N7O/c1-28-23(24-15-25-28)29-11-18-9-21(22(10-19(18)12-29)31-14-16-7-8-16)30-13-20(26-27-30)17-5-3-2-4-6-17/h2-6,13,15-16,18-19,21-22H,7-12,14H2,1H3/t18-,19+,21-,22-/m1/s1. The Morgan fingerprint density at radius 1 is 1.06 bits per heavy atom. The van der Waals surface area contributed by atoms with Crippen LogP contribution in [0.15, 0.2) is 42.9 Å². The predicted octanol–water partition coefficient (Wildman–Crippen LogP) is 2.96. The Morgan fingerprint density at radius 3 is 2.61 bits per heavy atom. The lowest BCUT2D eigenvalue weighted by Gasteiger charge is -2.37. The van der Waals surface area contributed by atoms with Gasteiger partial charge in [-0.25, -0.2) is 9.36 Å². The minimum atomic E-state index is 0.187. The molecule has 6 rings (SSSR count). The SMILES string of the molecule is Cn1ncnc1N1C[C@H]2C[C@@H](n3cc(-c4ccccc4)nn3)[C@H](OCC3CC3)C[C@H]2C1. The van der Waals surface area contributed by atoms with Crippen LogP contribution in [-0.2, 0) is 11.8 Å². The summed E-state index contributed by atoms with van der Waals surface area (Å²) in [5.74, 6) is 2.95. The second-order valence-corrected chi connectivity index (χ2v) is 9.41. The first-order valence-electron chi connectivity index (χ1n) is 11.4. The van der Waals surface area contributed by atoms with Gasteiger partial charge in [0.1, 0.15) is 12.0 Å². The van der Waals surface area contributed by atoms with Crippen LogP contribution >= 0.6 is 0 Å². The molecule has 1 saturated heterocycles. The molecule has 4 atom stereocenters. The quantitative estimate of drug-likeness (QED) is 0.612. The molecule has 8 heteroatoms. The normalized spacial score (nSPS) is 28.1. The summed E-state index contributed by atoms with van der Waals surface area (Å²) in [5.41, 5.74) is 2.03. The molecule has 2 saturated carbocycles. The number of hydrogen-bond acceptors (Lipinski definition) is 6. The first-order chi connectivity index (χ1) is 15.2. The summed E-state index contributed by atoms with van der Waals surface area (Å²) in [6.07, 6.45) is 8.68. The third-order valence-electron chi connectivity index (χ3n) is 7.22. The number of aryl methyl sites for hydroxylation is 1. The molecule has 0 bridgehead atoms. The number of rotatable bonds is 6. The highest BCUT2D eigenvalue weighted by Gasteiger charge is 2.45. The maximum absolute atomic E-state index is 6.51. The fraction of sp³-hybridized carbons (Fsp3) is 0.565. The molecule has 0 N–H and O–H groups in total. The lowest BCUT2D eigenvalue weighted by Crippen LogP contribution is -2.38. The van der Waals surface area contributed by atoms with Crippen LogP contribution in [0.2, 0.25) is 0 Å². The highest BCUT2D eigenvalue weighted by Crippen LogP contribution is 2.44. The summed E-state index contributed by atoms with van der Waals surface area (Å²) >= 11 is 0. The molecule has 0 amide bonds. The molecule has 1 aliphatic heterocycles. The van der Waals surface area contributed by atoms with E-state index in [0.717, 1.165) is 55.7 Å². The lowest BCUT2D eigenvalue weighted by atomic mass is 9.77. The van der Waals surface area contributed by atoms with Crippen molar-refractivity contribution in [2.24, 2.45) is 24.8 Å². The molecule has 3 heterocycles. The maximum atomic E-state index is 6.51. The largest absolute Gasteiger partial charge is 0.376 e. The Labute approximate surface area is 182 Å². The molecule has 2 aliphatic carbocycles. The van der Waals surface area contributed by atoms with Gasteiger partial charge in [0, 0.05) is 32.3 Å². The zero-order valence-electron chi connectivity index (χ0n) is 17.9. The molecule has 0 spiro atoms. The summed E-state index contributed by atoms with van der Waals surface area (Å²) in [6, 6.07) is 10.5. The van der Waals surface area contributed by atoms with Gasteiger partial charge in [-0.3, -0.25) is 0 Å². The van der Waals surface area contributed by atoms with E-state index < -0.39 is 0 Å². The van der Waals surface area contributed by atoms with Crippen LogP contribution in [0.1, 0.15) is 31.7 Å². The highest BCUT2D eigenvalue weighted by atomic mass is 16.5. The van der Waals surface area contributed by atoms with Crippen LogP contribution in [-0.4, -0.2) is 55.6 Å². The van der Waals surface area contributed by atoms with Crippen molar-refractivity contribution in [2.45, 2.75) is 37.8 Å². The van der Waals surface area contributed by atoms with Crippen molar-refractivity contribution < 1.29 is 4.74 Å². The minimum absolute atomic E-state index is 0.187. The number of fused-ring (bicyclic) bond motifs is 1. The maximum Gasteiger partial charge on any atom is 0.223 e. The van der Waals surface area contributed by atoms with Crippen molar-refractivity contribution in [1.29, 1.82) is 0 Å². The van der Waals surface area contributed by atoms with E-state index >= 15 is 0 Å². The Kier molecular flexibility index (Phi) is 4.74. The zero-order chi connectivity index (χ0) is 20.8. The zero-order valence-corrected chi connectivity index (χ0v) is 17.9. The summed E-state index contributed by atoms with van der Waals surface area (Å²) in [5, 5.41) is 13.3. The van der Waals surface area contributed by atoms with Crippen molar-refractivity contribution in [2.75, 3.05) is 24.6 Å². The molecular weight excluding hydrogens is 390 g/mol. The van der Waals surface area contributed by atoms with Gasteiger partial charge in [-0.1, -0.05) is 35.5 Å². The first kappa shape index (κ1) is 19.0. The van der Waals surface area contributed by atoms with Crippen LogP contribution in [0.4, 0.5) is 5.95 Å². The molecular formula is C23H29N7O. The number of ether oxygens (including phenoxy) is 1. The Balaban J connectivity index is 1.24. The second-order valence-electron chi connectivity index (χ2n) is 9.41. The minimum Gasteiger partial charge on any atom is -0.376 e. The molecule has 8 nitrogen and oxygen atoms in total. The molecule has 3 aliphatic rings. The molecule has 31 heavy (non-hydrogen) atoms. The number of benzene rings is 1. The van der Waals surface area contributed by atoms with E-state index in [0.29, 0.717) is 11.8 Å². The van der Waals surface area contributed by atoms with Crippen molar-refractivity contribution in [3.8, 4) is 11.3 Å². The number of hydrogen-bond donors (Lipinski definition) is 0. The summed E-state index contributed by atoms with van der Waals surface area (Å²) in [4.78, 5) is 6.86. The van der Waals surface area contributed by atoms with E-state index in [1.807, 2.05) is 29.9 Å². The monoisotopic (exact) mass is 419 g/mol. The van der Waals surface area contributed by atoms with Gasteiger partial charge in [0.05, 0.1) is 18.3 Å². The fourth-order valence-electron chi connectivity index (χ4n) is 5.31. The van der Waals surface area contributed by atoms with E-state index in [9.17, 15) is 0 Å². The lowest BCUT2D eigenvalue weighted by molar-refractivity contribution is -0.0375. The highest BCUT2D eigenvalue weighted by molar-refractivity contribution is 5.57. The van der Waals surface area contributed by atoms with Crippen LogP contribution in [0.5, 0.6) is 0 Å². The van der Waals surface area contributed by atoms with Crippen molar-refractivity contribution in [3.05, 3.63) is 42.9 Å². The van der Waals surface area contributed by atoms with Gasteiger partial charge in [0.2, 0.25) is 5.95 Å². The Morgan fingerprint density at radius 2 is 1.87 bits per heavy atom. The number of aromatic nitrogens is 6. The number of anilines is 1. The topological polar surface area (TPSA) is 73.9 Å². The summed E-state index contributed by atoms with van der Waals surface area (Å²) in [6.45, 7) is 2.93. The molecule has 0 unspecified atom stereocenters. The van der Waals surface area contributed by atoms with E-state index in [1.54, 1.807) is 6.33 Å². The average molecular weight is 420 g/mol. The van der Waals surface area contributed by atoms with Crippen molar-refractivity contribution in [1.82, 2.24) is 29.8 Å². The van der Waals surface area contributed by atoms with Crippen LogP contribution in [0, 0.1) is 17.8 Å². The van der Waals surface area contributed by atoms with Crippen LogP contribution in [0.25, 0.3) is 11.3 Å². The molecule has 1 aromatic carbocycles. The average Bonchev–Trinajstić information content (AvgIpc) is 3.15. The van der Waals surface area contributed by atoms with Gasteiger partial charge in [-0.2, -0.15) is 10.1 Å². The first-order valence-corrected chi connectivity index (χ1v) is 11.4. The van der Waals surface area contributed by atoms with Crippen LogP contribution in [0.3, 0.4) is 0 Å². The molecule has 162 valence electrons. The smallest absolute Gasteiger partial charge is 0.223 e. The molecule has 2 aromatic heterocycles. The fourth-order valence-corrected chi connectivity index (χ4v) is 5.31. The van der Waals surface area contributed by atoms with Gasteiger partial charge in [-0.15, -0.1) is 5.10 Å². The van der Waals surface area contributed by atoms with Gasteiger partial charge >= 0.3 is 0 Å². The van der Waals surface area contributed by atoms with Gasteiger partial charge in [0.15, 0.2) is 0 Å². The van der Waals surface area contributed by atoms with E-state index in [2.05, 4.69) is 48.3 Å². The Hall–Kier alpha value is -2.74. The van der Waals surface area contributed by atoms with Gasteiger partial charge in [0.25, 0.3) is 0 Å². The predicted molar refractivity (Wildman–Crippen MR) is 116 cm³/mol. The second kappa shape index (κ2) is 7.75. The van der Waals surface area contributed by atoms with E-state index in [4.69, 9.17) is 4.74 Å². The molecule has 3 fully saturated rings. The molecule has 3 aromatic rings. The molecule has 0 radical (unpaired) electrons. The van der Waals surface area contributed by atoms with E-state index in [-0.39, 0.29) is 12.1 Å². The van der Waals surface area contributed by atoms with Gasteiger partial charge in [-0.05, 0) is 43.4 Å². The van der Waals surface area contributed by atoms with E-state index in [1.165, 1.54) is 12.8 Å². The van der Waals surface area contributed by atoms with Crippen molar-refractivity contribution in [3.63, 3.8) is 0 Å².